The minimum Gasteiger partial charge on any atom is -0.368 e. The fourth-order valence-corrected chi connectivity index (χ4v) is 4.60. The van der Waals surface area contributed by atoms with Crippen molar-refractivity contribution in [2.24, 2.45) is 7.05 Å². The Labute approximate surface area is 175 Å². The van der Waals surface area contributed by atoms with Gasteiger partial charge in [-0.05, 0) is 50.7 Å². The Bertz CT molecular complexity index is 1200. The van der Waals surface area contributed by atoms with Gasteiger partial charge in [0.15, 0.2) is 0 Å². The molecule has 0 saturated carbocycles. The number of hydrogen-bond donors (Lipinski definition) is 3. The van der Waals surface area contributed by atoms with E-state index in [1.807, 2.05) is 23.9 Å². The van der Waals surface area contributed by atoms with Gasteiger partial charge >= 0.3 is 0 Å². The number of aromatic amines is 1. The third-order valence-electron chi connectivity index (χ3n) is 5.90. The molecule has 154 valence electrons. The van der Waals surface area contributed by atoms with Crippen LogP contribution in [-0.2, 0) is 26.3 Å². The second-order valence-electron chi connectivity index (χ2n) is 8.21. The lowest BCUT2D eigenvalue weighted by Gasteiger charge is -2.16. The highest BCUT2D eigenvalue weighted by molar-refractivity contribution is 5.83. The van der Waals surface area contributed by atoms with Gasteiger partial charge in [0.2, 0.25) is 5.95 Å². The van der Waals surface area contributed by atoms with Crippen molar-refractivity contribution in [3.8, 4) is 11.4 Å². The van der Waals surface area contributed by atoms with Gasteiger partial charge in [-0.15, -0.1) is 0 Å². The minimum absolute atomic E-state index is 0.187. The van der Waals surface area contributed by atoms with Crippen LogP contribution in [0, 0.1) is 0 Å². The van der Waals surface area contributed by atoms with Crippen LogP contribution >= 0.6 is 0 Å². The lowest BCUT2D eigenvalue weighted by Crippen LogP contribution is -2.19. The average Bonchev–Trinajstić information content (AvgIpc) is 3.27. The first-order chi connectivity index (χ1) is 14.6. The van der Waals surface area contributed by atoms with E-state index in [9.17, 15) is 0 Å². The molecule has 4 aromatic rings. The molecule has 4 N–H and O–H groups in total. The van der Waals surface area contributed by atoms with E-state index in [-0.39, 0.29) is 12.0 Å². The Morgan fingerprint density at radius 1 is 1.20 bits per heavy atom. The number of rotatable bonds is 5. The number of nitrogens with two attached hydrogens (primary N) is 1. The normalized spacial score (nSPS) is 14.6. The van der Waals surface area contributed by atoms with Gasteiger partial charge in [0.05, 0.1) is 17.1 Å². The number of benzene rings is 1. The largest absolute Gasteiger partial charge is 0.368 e. The first-order valence-electron chi connectivity index (χ1n) is 10.6. The van der Waals surface area contributed by atoms with Crippen LogP contribution in [0.3, 0.4) is 0 Å². The summed E-state index contributed by atoms with van der Waals surface area (Å²) in [5, 5.41) is 9.49. The quantitative estimate of drug-likeness (QED) is 0.472. The van der Waals surface area contributed by atoms with Crippen molar-refractivity contribution in [2.75, 3.05) is 11.1 Å². The fourth-order valence-electron chi connectivity index (χ4n) is 4.60. The molecule has 1 aliphatic carbocycles. The molecule has 0 unspecified atom stereocenters. The Balaban J connectivity index is 1.41. The summed E-state index contributed by atoms with van der Waals surface area (Å²) in [4.78, 5) is 12.3. The van der Waals surface area contributed by atoms with E-state index in [4.69, 9.17) is 10.8 Å². The van der Waals surface area contributed by atoms with Crippen molar-refractivity contribution in [3.05, 3.63) is 53.3 Å². The van der Waals surface area contributed by atoms with Gasteiger partial charge in [-0.2, -0.15) is 10.1 Å². The number of nitrogen functional groups attached to an aromatic ring is 1. The predicted octanol–water partition coefficient (Wildman–Crippen LogP) is 3.86. The van der Waals surface area contributed by atoms with Crippen molar-refractivity contribution < 1.29 is 0 Å². The summed E-state index contributed by atoms with van der Waals surface area (Å²) in [5.74, 6) is 1.02. The van der Waals surface area contributed by atoms with Gasteiger partial charge in [0, 0.05) is 41.8 Å². The highest BCUT2D eigenvalue weighted by Crippen LogP contribution is 2.31. The van der Waals surface area contributed by atoms with Crippen molar-refractivity contribution in [3.63, 3.8) is 0 Å². The molecule has 3 heterocycles. The second kappa shape index (κ2) is 7.48. The zero-order valence-electron chi connectivity index (χ0n) is 17.4. The van der Waals surface area contributed by atoms with Crippen molar-refractivity contribution in [2.45, 2.75) is 45.1 Å². The molecule has 3 aromatic heterocycles. The van der Waals surface area contributed by atoms with Crippen LogP contribution in [0.4, 0.5) is 11.8 Å². The summed E-state index contributed by atoms with van der Waals surface area (Å²) >= 11 is 0. The summed E-state index contributed by atoms with van der Waals surface area (Å²) < 4.78 is 1.94. The predicted molar refractivity (Wildman–Crippen MR) is 120 cm³/mol. The second-order valence-corrected chi connectivity index (χ2v) is 8.21. The zero-order chi connectivity index (χ0) is 20.7. The lowest BCUT2D eigenvalue weighted by molar-refractivity contribution is 0.664. The number of fused-ring (bicyclic) bond motifs is 2. The molecule has 0 saturated heterocycles. The highest BCUT2D eigenvalue weighted by atomic mass is 15.3. The van der Waals surface area contributed by atoms with Crippen molar-refractivity contribution in [1.82, 2.24) is 24.7 Å². The van der Waals surface area contributed by atoms with E-state index in [1.165, 1.54) is 35.0 Å². The average molecular weight is 402 g/mol. The highest BCUT2D eigenvalue weighted by Gasteiger charge is 2.22. The number of nitrogens with zero attached hydrogens (tertiary/aromatic N) is 4. The number of nitrogens with one attached hydrogen (secondary N) is 2. The van der Waals surface area contributed by atoms with Gasteiger partial charge in [0.25, 0.3) is 0 Å². The molecule has 5 rings (SSSR count). The van der Waals surface area contributed by atoms with Gasteiger partial charge in [-0.3, -0.25) is 4.68 Å². The molecule has 0 bridgehead atoms. The molecular formula is C23H27N7. The maximum absolute atomic E-state index is 6.08. The Hall–Kier alpha value is -3.35. The van der Waals surface area contributed by atoms with Gasteiger partial charge in [-0.25, -0.2) is 4.98 Å². The van der Waals surface area contributed by atoms with Crippen LogP contribution in [0.25, 0.3) is 22.3 Å². The maximum Gasteiger partial charge on any atom is 0.222 e. The van der Waals surface area contributed by atoms with Crippen LogP contribution in [-0.4, -0.2) is 30.8 Å². The molecule has 0 amide bonds. The number of aromatic nitrogens is 5. The first kappa shape index (κ1) is 18.7. The third-order valence-corrected chi connectivity index (χ3v) is 5.90. The summed E-state index contributed by atoms with van der Waals surface area (Å²) in [5.41, 5.74) is 12.9. The Kier molecular flexibility index (Phi) is 4.65. The van der Waals surface area contributed by atoms with Crippen LogP contribution in [0.2, 0.25) is 0 Å². The summed E-state index contributed by atoms with van der Waals surface area (Å²) in [6.45, 7) is 2.16. The van der Waals surface area contributed by atoms with Gasteiger partial charge < -0.3 is 16.0 Å². The van der Waals surface area contributed by atoms with Crippen molar-refractivity contribution in [1.29, 1.82) is 0 Å². The van der Waals surface area contributed by atoms with Gasteiger partial charge in [0.1, 0.15) is 5.82 Å². The monoisotopic (exact) mass is 401 g/mol. The van der Waals surface area contributed by atoms with E-state index in [0.29, 0.717) is 0 Å². The molecule has 0 spiro atoms. The minimum atomic E-state index is 0.187. The molecule has 1 aromatic carbocycles. The third kappa shape index (κ3) is 3.40. The number of para-hydroxylation sites is 1. The van der Waals surface area contributed by atoms with Crippen LogP contribution < -0.4 is 11.1 Å². The van der Waals surface area contributed by atoms with E-state index in [1.54, 1.807) is 0 Å². The molecule has 1 atom stereocenters. The fraction of sp³-hybridized carbons (Fsp3) is 0.348. The zero-order valence-corrected chi connectivity index (χ0v) is 17.4. The molecule has 7 heteroatoms. The summed E-state index contributed by atoms with van der Waals surface area (Å²) in [6.07, 6.45) is 7.44. The number of hydrogen-bond acceptors (Lipinski definition) is 5. The van der Waals surface area contributed by atoms with E-state index in [0.717, 1.165) is 42.0 Å². The van der Waals surface area contributed by atoms with Crippen molar-refractivity contribution >= 4 is 22.7 Å². The number of aryl methyl sites for hydroxylation is 2. The lowest BCUT2D eigenvalue weighted by atomic mass is 9.95. The molecule has 0 radical (unpaired) electrons. The van der Waals surface area contributed by atoms with E-state index >= 15 is 0 Å². The standard InChI is InChI=1S/C23H27N7/c1-14(11-15-13-25-18-9-5-3-7-16(15)18)26-21-12-20(27-23(24)28-21)22-17-8-4-6-10-19(17)29-30(22)2/h3,5,7,9,12-14,25H,4,6,8,10-11H2,1-2H3,(H3,24,26,27,28)/t14-/m0/s1. The van der Waals surface area contributed by atoms with Crippen LogP contribution in [0.1, 0.15) is 36.6 Å². The Morgan fingerprint density at radius 3 is 2.93 bits per heavy atom. The summed E-state index contributed by atoms with van der Waals surface area (Å²) in [6, 6.07) is 10.6. The molecule has 0 aliphatic heterocycles. The number of anilines is 2. The van der Waals surface area contributed by atoms with E-state index in [2.05, 4.69) is 51.6 Å². The molecule has 0 fully saturated rings. The van der Waals surface area contributed by atoms with Crippen LogP contribution in [0.15, 0.2) is 36.5 Å². The molecule has 30 heavy (non-hydrogen) atoms. The smallest absolute Gasteiger partial charge is 0.222 e. The maximum atomic E-state index is 6.08. The first-order valence-corrected chi connectivity index (χ1v) is 10.6. The Morgan fingerprint density at radius 2 is 2.03 bits per heavy atom. The van der Waals surface area contributed by atoms with Crippen LogP contribution in [0.5, 0.6) is 0 Å². The topological polar surface area (TPSA) is 97.4 Å². The molecule has 7 nitrogen and oxygen atoms in total. The van der Waals surface area contributed by atoms with E-state index < -0.39 is 0 Å². The molecular weight excluding hydrogens is 374 g/mol. The number of H-pyrrole nitrogens is 1. The van der Waals surface area contributed by atoms with Gasteiger partial charge in [-0.1, -0.05) is 18.2 Å². The summed E-state index contributed by atoms with van der Waals surface area (Å²) in [7, 11) is 1.98. The molecule has 1 aliphatic rings. The SMILES string of the molecule is C[C@@H](Cc1c[nH]c2ccccc12)Nc1cc(-c2c3c(nn2C)CCCC3)nc(N)n1.